The van der Waals surface area contributed by atoms with E-state index in [4.69, 9.17) is 0 Å². The summed E-state index contributed by atoms with van der Waals surface area (Å²) in [7, 11) is -2.96. The topological polar surface area (TPSA) is 89.0 Å². The Hall–Kier alpha value is -1.02. The van der Waals surface area contributed by atoms with Gasteiger partial charge in [-0.2, -0.15) is 8.75 Å². The zero-order valence-electron chi connectivity index (χ0n) is 7.71. The number of amides is 1. The Bertz CT molecular complexity index is 454. The van der Waals surface area contributed by atoms with Gasteiger partial charge in [-0.1, -0.05) is 0 Å². The number of nitrogens with one attached hydrogen (secondary N) is 1. The van der Waals surface area contributed by atoms with Gasteiger partial charge in [-0.05, 0) is 6.42 Å². The summed E-state index contributed by atoms with van der Waals surface area (Å²) in [5.41, 5.74) is 0.240. The van der Waals surface area contributed by atoms with E-state index in [0.29, 0.717) is 6.42 Å². The van der Waals surface area contributed by atoms with Crippen molar-refractivity contribution in [3.8, 4) is 0 Å². The van der Waals surface area contributed by atoms with Gasteiger partial charge in [0, 0.05) is 6.04 Å². The molecule has 8 heteroatoms. The number of carbonyl (C=O) groups excluding carboxylic acids is 1. The summed E-state index contributed by atoms with van der Waals surface area (Å²) in [4.78, 5) is 11.5. The number of nitrogens with zero attached hydrogens (tertiary/aromatic N) is 2. The molecule has 6 nitrogen and oxygen atoms in total. The zero-order valence-corrected chi connectivity index (χ0v) is 9.34. The summed E-state index contributed by atoms with van der Waals surface area (Å²) in [6, 6.07) is -0.288. The Morgan fingerprint density at radius 1 is 1.60 bits per heavy atom. The number of aromatic nitrogens is 2. The second kappa shape index (κ2) is 3.86. The Labute approximate surface area is 90.9 Å². The smallest absolute Gasteiger partial charge is 0.272 e. The highest BCUT2D eigenvalue weighted by molar-refractivity contribution is 7.91. The van der Waals surface area contributed by atoms with E-state index in [1.807, 2.05) is 0 Å². The molecule has 0 bridgehead atoms. The molecule has 2 rings (SSSR count). The normalized spacial score (nSPS) is 23.9. The van der Waals surface area contributed by atoms with Crippen LogP contribution in [0.5, 0.6) is 0 Å². The lowest BCUT2D eigenvalue weighted by atomic mass is 10.2. The molecule has 0 saturated carbocycles. The molecule has 1 aromatic rings. The predicted octanol–water partition coefficient (Wildman–Crippen LogP) is -0.545. The van der Waals surface area contributed by atoms with Crippen molar-refractivity contribution in [2.24, 2.45) is 0 Å². The zero-order chi connectivity index (χ0) is 10.9. The van der Waals surface area contributed by atoms with E-state index in [9.17, 15) is 13.2 Å². The Balaban J connectivity index is 1.97. The maximum atomic E-state index is 11.5. The van der Waals surface area contributed by atoms with Gasteiger partial charge in [-0.25, -0.2) is 8.42 Å². The van der Waals surface area contributed by atoms with Gasteiger partial charge < -0.3 is 5.32 Å². The number of hydrogen-bond acceptors (Lipinski definition) is 6. The third-order valence-electron chi connectivity index (χ3n) is 2.16. The lowest BCUT2D eigenvalue weighted by molar-refractivity contribution is 0.0937. The minimum atomic E-state index is -2.96. The molecule has 1 saturated heterocycles. The van der Waals surface area contributed by atoms with Crippen LogP contribution in [0.1, 0.15) is 16.9 Å². The summed E-state index contributed by atoms with van der Waals surface area (Å²) in [5.74, 6) is -0.185. The monoisotopic (exact) mass is 247 g/mol. The van der Waals surface area contributed by atoms with Crippen LogP contribution in [0.15, 0.2) is 6.20 Å². The highest BCUT2D eigenvalue weighted by Gasteiger charge is 2.29. The molecule has 0 spiro atoms. The van der Waals surface area contributed by atoms with E-state index in [-0.39, 0.29) is 29.1 Å². The molecule has 15 heavy (non-hydrogen) atoms. The van der Waals surface area contributed by atoms with E-state index in [1.54, 1.807) is 0 Å². The first-order valence-electron chi connectivity index (χ1n) is 4.36. The van der Waals surface area contributed by atoms with E-state index >= 15 is 0 Å². The van der Waals surface area contributed by atoms with Crippen LogP contribution in [0.3, 0.4) is 0 Å². The molecule has 0 radical (unpaired) electrons. The molecule has 1 aliphatic rings. The van der Waals surface area contributed by atoms with Gasteiger partial charge in [0.05, 0.1) is 29.4 Å². The van der Waals surface area contributed by atoms with Crippen molar-refractivity contribution >= 4 is 27.5 Å². The van der Waals surface area contributed by atoms with Crippen molar-refractivity contribution in [1.29, 1.82) is 0 Å². The molecule has 0 aliphatic carbocycles. The van der Waals surface area contributed by atoms with Crippen molar-refractivity contribution < 1.29 is 13.2 Å². The van der Waals surface area contributed by atoms with Gasteiger partial charge >= 0.3 is 0 Å². The van der Waals surface area contributed by atoms with Crippen LogP contribution < -0.4 is 5.32 Å². The molecule has 1 unspecified atom stereocenters. The Morgan fingerprint density at radius 3 is 2.93 bits per heavy atom. The van der Waals surface area contributed by atoms with Gasteiger partial charge in [0.2, 0.25) is 0 Å². The Morgan fingerprint density at radius 2 is 2.40 bits per heavy atom. The number of sulfone groups is 1. The van der Waals surface area contributed by atoms with Gasteiger partial charge in [-0.15, -0.1) is 0 Å². The number of carbonyl (C=O) groups is 1. The fourth-order valence-corrected chi connectivity index (χ4v) is 3.52. The van der Waals surface area contributed by atoms with E-state index in [2.05, 4.69) is 14.1 Å². The van der Waals surface area contributed by atoms with Gasteiger partial charge in [0.15, 0.2) is 15.5 Å². The first kappa shape index (κ1) is 10.5. The average molecular weight is 247 g/mol. The van der Waals surface area contributed by atoms with Gasteiger partial charge in [0.25, 0.3) is 5.91 Å². The molecule has 1 aromatic heterocycles. The van der Waals surface area contributed by atoms with E-state index < -0.39 is 9.84 Å². The van der Waals surface area contributed by atoms with Crippen LogP contribution >= 0.6 is 11.7 Å². The average Bonchev–Trinajstić information content (AvgIpc) is 2.74. The quantitative estimate of drug-likeness (QED) is 0.757. The third-order valence-corrected chi connectivity index (χ3v) is 4.41. The van der Waals surface area contributed by atoms with Crippen molar-refractivity contribution in [1.82, 2.24) is 14.1 Å². The summed E-state index contributed by atoms with van der Waals surface area (Å²) in [6.07, 6.45) is 1.84. The highest BCUT2D eigenvalue weighted by Crippen LogP contribution is 2.11. The maximum Gasteiger partial charge on any atom is 0.272 e. The second-order valence-electron chi connectivity index (χ2n) is 3.37. The molecule has 1 aliphatic heterocycles. The van der Waals surface area contributed by atoms with Crippen LogP contribution in [0.4, 0.5) is 0 Å². The summed E-state index contributed by atoms with van der Waals surface area (Å²) < 4.78 is 29.7. The Kier molecular flexibility index (Phi) is 2.70. The van der Waals surface area contributed by atoms with E-state index in [1.165, 1.54) is 6.20 Å². The second-order valence-corrected chi connectivity index (χ2v) is 6.15. The minimum absolute atomic E-state index is 0.0241. The van der Waals surface area contributed by atoms with Crippen LogP contribution in [0.2, 0.25) is 0 Å². The first-order chi connectivity index (χ1) is 7.07. The fraction of sp³-hybridized carbons (Fsp3) is 0.571. The molecular weight excluding hydrogens is 238 g/mol. The van der Waals surface area contributed by atoms with Crippen molar-refractivity contribution in [2.75, 3.05) is 11.5 Å². The highest BCUT2D eigenvalue weighted by atomic mass is 32.2. The molecular formula is C7H9N3O3S2. The SMILES string of the molecule is O=C(NC1CCS(=O)(=O)C1)c1cnsn1. The fourth-order valence-electron chi connectivity index (χ4n) is 1.43. The molecule has 1 atom stereocenters. The summed E-state index contributed by atoms with van der Waals surface area (Å²) in [6.45, 7) is 0. The molecule has 82 valence electrons. The van der Waals surface area contributed by atoms with Crippen LogP contribution in [0.25, 0.3) is 0 Å². The van der Waals surface area contributed by atoms with Crippen LogP contribution in [0, 0.1) is 0 Å². The molecule has 2 heterocycles. The molecule has 1 N–H and O–H groups in total. The van der Waals surface area contributed by atoms with Gasteiger partial charge in [0.1, 0.15) is 0 Å². The molecule has 1 fully saturated rings. The van der Waals surface area contributed by atoms with Crippen LogP contribution in [-0.4, -0.2) is 40.6 Å². The third kappa shape index (κ3) is 2.51. The first-order valence-corrected chi connectivity index (χ1v) is 6.91. The molecule has 1 amide bonds. The van der Waals surface area contributed by atoms with Crippen molar-refractivity contribution in [3.05, 3.63) is 11.9 Å². The van der Waals surface area contributed by atoms with E-state index in [0.717, 1.165) is 11.7 Å². The standard InChI is InChI=1S/C7H9N3O3S2/c11-7(6-3-8-14-10-6)9-5-1-2-15(12,13)4-5/h3,5H,1-2,4H2,(H,9,11). The predicted molar refractivity (Wildman–Crippen MR) is 54.4 cm³/mol. The largest absolute Gasteiger partial charge is 0.347 e. The maximum absolute atomic E-state index is 11.5. The number of rotatable bonds is 2. The van der Waals surface area contributed by atoms with Crippen molar-refractivity contribution in [3.63, 3.8) is 0 Å². The van der Waals surface area contributed by atoms with Gasteiger partial charge in [-0.3, -0.25) is 4.79 Å². The summed E-state index contributed by atoms with van der Waals surface area (Å²) in [5, 5.41) is 2.62. The lowest BCUT2D eigenvalue weighted by Gasteiger charge is -2.08. The molecule has 0 aromatic carbocycles. The van der Waals surface area contributed by atoms with Crippen molar-refractivity contribution in [2.45, 2.75) is 12.5 Å². The van der Waals surface area contributed by atoms with Crippen LogP contribution in [-0.2, 0) is 9.84 Å². The summed E-state index contributed by atoms with van der Waals surface area (Å²) >= 11 is 0.947. The minimum Gasteiger partial charge on any atom is -0.347 e. The number of hydrogen-bond donors (Lipinski definition) is 1. The lowest BCUT2D eigenvalue weighted by Crippen LogP contribution is -2.35.